The van der Waals surface area contributed by atoms with Crippen molar-refractivity contribution >= 4 is 17.3 Å². The largest absolute Gasteiger partial charge is 0.466 e. The molecule has 0 heterocycles. The standard InChI is InChI=1S/C12H18N2O2/c1-2-16-12(15)4-3-9-14-11-7-5-10(13)6-8-11/h5-8,14H,2-4,9,13H2,1H3. The van der Waals surface area contributed by atoms with E-state index in [4.69, 9.17) is 10.5 Å². The number of nitrogens with two attached hydrogens (primary N) is 1. The summed E-state index contributed by atoms with van der Waals surface area (Å²) in [4.78, 5) is 11.0. The quantitative estimate of drug-likeness (QED) is 0.439. The molecule has 16 heavy (non-hydrogen) atoms. The van der Waals surface area contributed by atoms with Gasteiger partial charge in [0.2, 0.25) is 0 Å². The number of anilines is 2. The summed E-state index contributed by atoms with van der Waals surface area (Å²) in [6.45, 7) is 3.01. The predicted molar refractivity (Wildman–Crippen MR) is 65.2 cm³/mol. The minimum Gasteiger partial charge on any atom is -0.466 e. The molecule has 0 aliphatic heterocycles. The molecule has 0 unspecified atom stereocenters. The van der Waals surface area contributed by atoms with Crippen molar-refractivity contribution in [2.24, 2.45) is 0 Å². The topological polar surface area (TPSA) is 64.3 Å². The second-order valence-corrected chi connectivity index (χ2v) is 3.46. The Labute approximate surface area is 95.8 Å². The Morgan fingerprint density at radius 1 is 1.38 bits per heavy atom. The fourth-order valence-electron chi connectivity index (χ4n) is 1.30. The molecule has 0 aliphatic rings. The fourth-order valence-corrected chi connectivity index (χ4v) is 1.30. The van der Waals surface area contributed by atoms with Gasteiger partial charge in [0.05, 0.1) is 6.61 Å². The molecule has 0 atom stereocenters. The normalized spacial score (nSPS) is 9.81. The highest BCUT2D eigenvalue weighted by Crippen LogP contribution is 2.10. The van der Waals surface area contributed by atoms with E-state index in [0.717, 1.165) is 24.3 Å². The molecule has 4 heteroatoms. The van der Waals surface area contributed by atoms with E-state index in [2.05, 4.69) is 5.32 Å². The number of hydrogen-bond acceptors (Lipinski definition) is 4. The minimum absolute atomic E-state index is 0.137. The molecule has 0 aromatic heterocycles. The zero-order chi connectivity index (χ0) is 11.8. The Bertz CT molecular complexity index is 322. The lowest BCUT2D eigenvalue weighted by Crippen LogP contribution is -2.08. The summed E-state index contributed by atoms with van der Waals surface area (Å²) in [5.41, 5.74) is 7.32. The predicted octanol–water partition coefficient (Wildman–Crippen LogP) is 2.02. The van der Waals surface area contributed by atoms with Gasteiger partial charge in [-0.3, -0.25) is 4.79 Å². The molecular weight excluding hydrogens is 204 g/mol. The highest BCUT2D eigenvalue weighted by Gasteiger charge is 2.00. The molecule has 0 radical (unpaired) electrons. The lowest BCUT2D eigenvalue weighted by atomic mass is 10.2. The molecule has 4 nitrogen and oxygen atoms in total. The Morgan fingerprint density at radius 3 is 2.69 bits per heavy atom. The lowest BCUT2D eigenvalue weighted by Gasteiger charge is -2.06. The first-order valence-corrected chi connectivity index (χ1v) is 5.47. The van der Waals surface area contributed by atoms with Gasteiger partial charge in [0, 0.05) is 24.3 Å². The minimum atomic E-state index is -0.137. The van der Waals surface area contributed by atoms with E-state index in [0.29, 0.717) is 13.0 Å². The van der Waals surface area contributed by atoms with Crippen LogP contribution in [0.1, 0.15) is 19.8 Å². The third-order valence-electron chi connectivity index (χ3n) is 2.10. The van der Waals surface area contributed by atoms with Crippen LogP contribution in [0.4, 0.5) is 11.4 Å². The van der Waals surface area contributed by atoms with Crippen LogP contribution in [-0.4, -0.2) is 19.1 Å². The third-order valence-corrected chi connectivity index (χ3v) is 2.10. The molecule has 1 aromatic rings. The number of nitrogen functional groups attached to an aromatic ring is 1. The molecule has 0 fully saturated rings. The lowest BCUT2D eigenvalue weighted by molar-refractivity contribution is -0.143. The highest BCUT2D eigenvalue weighted by atomic mass is 16.5. The van der Waals surface area contributed by atoms with Crippen molar-refractivity contribution in [1.29, 1.82) is 0 Å². The molecule has 0 bridgehead atoms. The van der Waals surface area contributed by atoms with Crippen LogP contribution in [-0.2, 0) is 9.53 Å². The number of hydrogen-bond donors (Lipinski definition) is 2. The molecule has 1 aromatic carbocycles. The maximum absolute atomic E-state index is 11.0. The second-order valence-electron chi connectivity index (χ2n) is 3.46. The van der Waals surface area contributed by atoms with Crippen molar-refractivity contribution in [2.75, 3.05) is 24.2 Å². The van der Waals surface area contributed by atoms with Crippen molar-refractivity contribution in [2.45, 2.75) is 19.8 Å². The van der Waals surface area contributed by atoms with E-state index in [-0.39, 0.29) is 5.97 Å². The number of ether oxygens (including phenoxy) is 1. The van der Waals surface area contributed by atoms with Crippen LogP contribution in [0.25, 0.3) is 0 Å². The van der Waals surface area contributed by atoms with Crippen molar-refractivity contribution < 1.29 is 9.53 Å². The van der Waals surface area contributed by atoms with E-state index in [9.17, 15) is 4.79 Å². The summed E-state index contributed by atoms with van der Waals surface area (Å²) >= 11 is 0. The number of carbonyl (C=O) groups excluding carboxylic acids is 1. The maximum atomic E-state index is 11.0. The monoisotopic (exact) mass is 222 g/mol. The van der Waals surface area contributed by atoms with Crippen molar-refractivity contribution in [3.63, 3.8) is 0 Å². The molecule has 3 N–H and O–H groups in total. The van der Waals surface area contributed by atoms with Gasteiger partial charge in [0.15, 0.2) is 0 Å². The average molecular weight is 222 g/mol. The number of esters is 1. The van der Waals surface area contributed by atoms with Gasteiger partial charge in [-0.15, -0.1) is 0 Å². The Kier molecular flexibility index (Phi) is 5.19. The summed E-state index contributed by atoms with van der Waals surface area (Å²) in [7, 11) is 0. The summed E-state index contributed by atoms with van der Waals surface area (Å²) in [6, 6.07) is 7.51. The van der Waals surface area contributed by atoms with Gasteiger partial charge in [-0.25, -0.2) is 0 Å². The zero-order valence-corrected chi connectivity index (χ0v) is 9.53. The van der Waals surface area contributed by atoms with E-state index < -0.39 is 0 Å². The Balaban J connectivity index is 2.16. The third kappa shape index (κ3) is 4.68. The summed E-state index contributed by atoms with van der Waals surface area (Å²) in [6.07, 6.45) is 1.22. The molecule has 0 spiro atoms. The molecule has 0 amide bonds. The molecule has 0 aliphatic carbocycles. The van der Waals surface area contributed by atoms with Crippen LogP contribution in [0, 0.1) is 0 Å². The SMILES string of the molecule is CCOC(=O)CCCNc1ccc(N)cc1. The van der Waals surface area contributed by atoms with E-state index in [1.807, 2.05) is 31.2 Å². The van der Waals surface area contributed by atoms with Crippen molar-refractivity contribution in [3.8, 4) is 0 Å². The summed E-state index contributed by atoms with van der Waals surface area (Å²) in [5.74, 6) is -0.137. The van der Waals surface area contributed by atoms with E-state index in [1.54, 1.807) is 0 Å². The van der Waals surface area contributed by atoms with Gasteiger partial charge in [-0.05, 0) is 37.6 Å². The van der Waals surface area contributed by atoms with Crippen LogP contribution in [0.2, 0.25) is 0 Å². The van der Waals surface area contributed by atoms with Gasteiger partial charge in [0.25, 0.3) is 0 Å². The van der Waals surface area contributed by atoms with E-state index in [1.165, 1.54) is 0 Å². The molecule has 0 saturated carbocycles. The van der Waals surface area contributed by atoms with Crippen molar-refractivity contribution in [3.05, 3.63) is 24.3 Å². The second kappa shape index (κ2) is 6.71. The summed E-state index contributed by atoms with van der Waals surface area (Å²) < 4.78 is 4.83. The number of carbonyl (C=O) groups is 1. The van der Waals surface area contributed by atoms with Gasteiger partial charge in [-0.2, -0.15) is 0 Å². The number of nitrogens with one attached hydrogen (secondary N) is 1. The van der Waals surface area contributed by atoms with Crippen LogP contribution >= 0.6 is 0 Å². The molecular formula is C12H18N2O2. The molecule has 1 rings (SSSR count). The average Bonchev–Trinajstić information content (AvgIpc) is 2.27. The fraction of sp³-hybridized carbons (Fsp3) is 0.417. The van der Waals surface area contributed by atoms with Crippen LogP contribution in [0.15, 0.2) is 24.3 Å². The number of rotatable bonds is 6. The van der Waals surface area contributed by atoms with Crippen LogP contribution < -0.4 is 11.1 Å². The first-order valence-electron chi connectivity index (χ1n) is 5.47. The van der Waals surface area contributed by atoms with Crippen molar-refractivity contribution in [1.82, 2.24) is 0 Å². The van der Waals surface area contributed by atoms with E-state index >= 15 is 0 Å². The first kappa shape index (κ1) is 12.4. The Hall–Kier alpha value is -1.71. The van der Waals surface area contributed by atoms with Gasteiger partial charge in [0.1, 0.15) is 0 Å². The maximum Gasteiger partial charge on any atom is 0.305 e. The molecule has 0 saturated heterocycles. The van der Waals surface area contributed by atoms with Gasteiger partial charge >= 0.3 is 5.97 Å². The van der Waals surface area contributed by atoms with Crippen LogP contribution in [0.5, 0.6) is 0 Å². The zero-order valence-electron chi connectivity index (χ0n) is 9.53. The van der Waals surface area contributed by atoms with Crippen LogP contribution in [0.3, 0.4) is 0 Å². The number of benzene rings is 1. The van der Waals surface area contributed by atoms with Gasteiger partial charge < -0.3 is 15.8 Å². The Morgan fingerprint density at radius 2 is 2.06 bits per heavy atom. The van der Waals surface area contributed by atoms with Gasteiger partial charge in [-0.1, -0.05) is 0 Å². The highest BCUT2D eigenvalue weighted by molar-refractivity contribution is 5.69. The smallest absolute Gasteiger partial charge is 0.305 e. The summed E-state index contributed by atoms with van der Waals surface area (Å²) in [5, 5.41) is 3.21. The molecule has 88 valence electrons. The first-order chi connectivity index (χ1) is 7.72.